The Hall–Kier alpha value is -2.45. The minimum atomic E-state index is -0.0506. The third-order valence-corrected chi connectivity index (χ3v) is 6.13. The zero-order chi connectivity index (χ0) is 17.8. The number of aromatic nitrogens is 6. The average molecular weight is 366 g/mol. The average Bonchev–Trinajstić information content (AvgIpc) is 3.44. The summed E-state index contributed by atoms with van der Waals surface area (Å²) < 4.78 is 16.2. The third-order valence-electron chi connectivity index (χ3n) is 6.13. The lowest BCUT2D eigenvalue weighted by Gasteiger charge is -2.28. The maximum Gasteiger partial charge on any atom is 0.120 e. The van der Waals surface area contributed by atoms with Crippen LogP contribution < -0.4 is 0 Å². The number of aryl methyl sites for hydroxylation is 1. The van der Waals surface area contributed by atoms with Crippen LogP contribution in [0.25, 0.3) is 0 Å². The highest BCUT2D eigenvalue weighted by Crippen LogP contribution is 2.35. The van der Waals surface area contributed by atoms with Gasteiger partial charge in [0.15, 0.2) is 0 Å². The lowest BCUT2D eigenvalue weighted by atomic mass is 9.93. The maximum absolute atomic E-state index is 6.24. The first kappa shape index (κ1) is 15.6. The molecule has 3 aromatic rings. The van der Waals surface area contributed by atoms with Crippen molar-refractivity contribution in [1.29, 1.82) is 0 Å². The van der Waals surface area contributed by atoms with E-state index in [9.17, 15) is 0 Å². The van der Waals surface area contributed by atoms with Crippen molar-refractivity contribution in [2.75, 3.05) is 6.61 Å². The monoisotopic (exact) mass is 366 g/mol. The molecule has 8 heteroatoms. The highest BCUT2D eigenvalue weighted by atomic mass is 16.5. The minimum absolute atomic E-state index is 0.0506. The Balaban J connectivity index is 1.26. The van der Waals surface area contributed by atoms with Crippen molar-refractivity contribution in [2.24, 2.45) is 0 Å². The number of rotatable bonds is 2. The van der Waals surface area contributed by atoms with Gasteiger partial charge >= 0.3 is 0 Å². The molecule has 1 N–H and O–H groups in total. The van der Waals surface area contributed by atoms with E-state index < -0.39 is 0 Å². The van der Waals surface area contributed by atoms with Crippen LogP contribution in [-0.2, 0) is 48.6 Å². The fourth-order valence-electron chi connectivity index (χ4n) is 4.64. The van der Waals surface area contributed by atoms with Crippen LogP contribution in [0.4, 0.5) is 0 Å². The molecule has 0 radical (unpaired) electrons. The first-order valence-electron chi connectivity index (χ1n) is 9.67. The molecule has 2 atom stereocenters. The Morgan fingerprint density at radius 2 is 2.15 bits per heavy atom. The molecular weight excluding hydrogens is 344 g/mol. The zero-order valence-electron chi connectivity index (χ0n) is 15.1. The number of ether oxygens (including phenoxy) is 2. The van der Waals surface area contributed by atoms with Gasteiger partial charge in [0, 0.05) is 42.0 Å². The number of aromatic amines is 1. The van der Waals surface area contributed by atoms with Crippen LogP contribution in [0.5, 0.6) is 0 Å². The van der Waals surface area contributed by atoms with Gasteiger partial charge in [-0.1, -0.05) is 0 Å². The normalized spacial score (nSPS) is 24.3. The number of nitrogens with one attached hydrogen (secondary N) is 1. The van der Waals surface area contributed by atoms with Crippen LogP contribution in [0.1, 0.15) is 52.5 Å². The zero-order valence-corrected chi connectivity index (χ0v) is 15.1. The maximum atomic E-state index is 6.24. The summed E-state index contributed by atoms with van der Waals surface area (Å²) in [4.78, 5) is 4.77. The summed E-state index contributed by atoms with van der Waals surface area (Å²) in [7, 11) is 0. The summed E-state index contributed by atoms with van der Waals surface area (Å²) in [5.74, 6) is 0.403. The van der Waals surface area contributed by atoms with E-state index >= 15 is 0 Å². The summed E-state index contributed by atoms with van der Waals surface area (Å²) >= 11 is 0. The Labute approximate surface area is 156 Å². The van der Waals surface area contributed by atoms with E-state index in [-0.39, 0.29) is 6.10 Å². The molecule has 0 spiro atoms. The second kappa shape index (κ2) is 6.03. The van der Waals surface area contributed by atoms with E-state index in [4.69, 9.17) is 14.5 Å². The molecule has 6 rings (SSSR count). The summed E-state index contributed by atoms with van der Waals surface area (Å²) in [5.41, 5.74) is 7.04. The Morgan fingerprint density at radius 3 is 3.15 bits per heavy atom. The van der Waals surface area contributed by atoms with Crippen molar-refractivity contribution >= 4 is 0 Å². The number of fused-ring (bicyclic) bond motifs is 3. The third kappa shape index (κ3) is 2.47. The van der Waals surface area contributed by atoms with Gasteiger partial charge in [-0.2, -0.15) is 10.2 Å². The molecule has 0 aromatic carbocycles. The first-order chi connectivity index (χ1) is 13.4. The molecule has 0 saturated heterocycles. The summed E-state index contributed by atoms with van der Waals surface area (Å²) in [6.45, 7) is 3.61. The first-order valence-corrected chi connectivity index (χ1v) is 9.67. The van der Waals surface area contributed by atoms with E-state index in [0.29, 0.717) is 19.1 Å². The minimum Gasteiger partial charge on any atom is -0.376 e. The number of nitrogens with zero attached hydrogens (tertiary/aromatic N) is 5. The van der Waals surface area contributed by atoms with E-state index in [1.807, 2.05) is 12.5 Å². The summed E-state index contributed by atoms with van der Waals surface area (Å²) in [5, 5.41) is 12.1. The van der Waals surface area contributed by atoms with Gasteiger partial charge in [0.1, 0.15) is 6.10 Å². The largest absolute Gasteiger partial charge is 0.376 e. The number of H-pyrrole nitrogens is 1. The van der Waals surface area contributed by atoms with Gasteiger partial charge in [-0.15, -0.1) is 0 Å². The van der Waals surface area contributed by atoms with Crippen LogP contribution >= 0.6 is 0 Å². The van der Waals surface area contributed by atoms with Crippen molar-refractivity contribution in [3.8, 4) is 0 Å². The molecule has 3 aliphatic rings. The van der Waals surface area contributed by atoms with Crippen molar-refractivity contribution < 1.29 is 9.47 Å². The summed E-state index contributed by atoms with van der Waals surface area (Å²) in [6.07, 6.45) is 6.87. The molecular formula is C19H22N6O2. The predicted octanol–water partition coefficient (Wildman–Crippen LogP) is 1.88. The molecule has 0 amide bonds. The molecule has 0 aliphatic carbocycles. The van der Waals surface area contributed by atoms with Gasteiger partial charge < -0.3 is 14.0 Å². The van der Waals surface area contributed by atoms with Gasteiger partial charge in [-0.25, -0.2) is 4.98 Å². The van der Waals surface area contributed by atoms with E-state index in [2.05, 4.69) is 30.6 Å². The van der Waals surface area contributed by atoms with Gasteiger partial charge in [0.05, 0.1) is 49.8 Å². The van der Waals surface area contributed by atoms with Crippen molar-refractivity contribution in [3.63, 3.8) is 0 Å². The van der Waals surface area contributed by atoms with Gasteiger partial charge in [0.2, 0.25) is 0 Å². The highest BCUT2D eigenvalue weighted by molar-refractivity contribution is 5.29. The second-order valence-corrected chi connectivity index (χ2v) is 7.64. The number of hydrogen-bond donors (Lipinski definition) is 1. The van der Waals surface area contributed by atoms with E-state index in [1.54, 1.807) is 0 Å². The molecule has 3 aromatic heterocycles. The van der Waals surface area contributed by atoms with Crippen LogP contribution in [0.2, 0.25) is 0 Å². The van der Waals surface area contributed by atoms with Gasteiger partial charge in [0.25, 0.3) is 0 Å². The molecule has 8 nitrogen and oxygen atoms in total. The van der Waals surface area contributed by atoms with Crippen LogP contribution in [0, 0.1) is 0 Å². The van der Waals surface area contributed by atoms with E-state index in [1.165, 1.54) is 28.3 Å². The quantitative estimate of drug-likeness (QED) is 0.749. The fourth-order valence-corrected chi connectivity index (χ4v) is 4.64. The van der Waals surface area contributed by atoms with Crippen LogP contribution in [0.3, 0.4) is 0 Å². The highest BCUT2D eigenvalue weighted by Gasteiger charge is 2.32. The SMILES string of the molecule is c1cc2n(n1)CC(c1ncn3c1COC(c1n[nH]c4c1COCC4)C3)CC2. The van der Waals surface area contributed by atoms with Crippen LogP contribution in [-0.4, -0.2) is 36.1 Å². The smallest absolute Gasteiger partial charge is 0.120 e. The Kier molecular flexibility index (Phi) is 3.48. The molecule has 0 fully saturated rings. The molecule has 27 heavy (non-hydrogen) atoms. The molecule has 0 bridgehead atoms. The van der Waals surface area contributed by atoms with Crippen molar-refractivity contribution in [3.05, 3.63) is 52.6 Å². The van der Waals surface area contributed by atoms with Gasteiger partial charge in [-0.05, 0) is 18.9 Å². The number of hydrogen-bond acceptors (Lipinski definition) is 5. The van der Waals surface area contributed by atoms with Crippen molar-refractivity contribution in [2.45, 2.75) is 57.6 Å². The lowest BCUT2D eigenvalue weighted by Crippen LogP contribution is -2.25. The molecule has 6 heterocycles. The van der Waals surface area contributed by atoms with Crippen LogP contribution in [0.15, 0.2) is 18.6 Å². The molecule has 140 valence electrons. The topological polar surface area (TPSA) is 82.8 Å². The molecule has 0 saturated carbocycles. The lowest BCUT2D eigenvalue weighted by molar-refractivity contribution is -0.00235. The molecule has 2 unspecified atom stereocenters. The Morgan fingerprint density at radius 1 is 1.15 bits per heavy atom. The molecule has 3 aliphatic heterocycles. The fraction of sp³-hybridized carbons (Fsp3) is 0.526. The second-order valence-electron chi connectivity index (χ2n) is 7.64. The van der Waals surface area contributed by atoms with E-state index in [0.717, 1.165) is 44.7 Å². The predicted molar refractivity (Wildman–Crippen MR) is 95.0 cm³/mol. The van der Waals surface area contributed by atoms with Crippen molar-refractivity contribution in [1.82, 2.24) is 29.5 Å². The van der Waals surface area contributed by atoms with Gasteiger partial charge in [-0.3, -0.25) is 9.78 Å². The summed E-state index contributed by atoms with van der Waals surface area (Å²) in [6, 6.07) is 2.11. The standard InChI is InChI=1S/C19H22N6O2/c1-2-13-3-5-21-25(13)7-12(1)18-16-10-27-17(8-24(16)11-20-18)19-14-9-26-6-4-15(14)22-23-19/h3,5,11-12,17H,1-2,4,6-10H2,(H,22,23). The Bertz CT molecular complexity index is 986. The number of imidazole rings is 1.